The molecule has 2 nitrogen and oxygen atoms in total. The molecule has 0 saturated carbocycles. The number of benzene rings is 3. The standard InChI is InChI=1S/C26H28N2/c1-26(2)19-24(18-21-12-6-3-7-13-21)28(25(26)23-16-10-5-11-17-23)27-20-22-14-8-4-9-15-22/h3-17,20,24-25H,18-19H2,1-2H3/b27-20+/t24-,25-/m1/s1. The third kappa shape index (κ3) is 4.01. The van der Waals surface area contributed by atoms with Crippen LogP contribution in [-0.4, -0.2) is 17.3 Å². The van der Waals surface area contributed by atoms with Crippen molar-refractivity contribution < 1.29 is 0 Å². The molecule has 1 aliphatic heterocycles. The summed E-state index contributed by atoms with van der Waals surface area (Å²) in [7, 11) is 0. The average molecular weight is 369 g/mol. The molecule has 0 N–H and O–H groups in total. The molecule has 1 aliphatic rings. The van der Waals surface area contributed by atoms with Crippen LogP contribution in [0.3, 0.4) is 0 Å². The average Bonchev–Trinajstić information content (AvgIpc) is 2.97. The molecule has 1 fully saturated rings. The molecule has 3 aromatic carbocycles. The third-order valence-corrected chi connectivity index (χ3v) is 5.71. The van der Waals surface area contributed by atoms with E-state index in [1.54, 1.807) is 0 Å². The maximum Gasteiger partial charge on any atom is 0.0775 e. The SMILES string of the molecule is CC1(C)C[C@@H](Cc2ccccc2)N(/N=C/c2ccccc2)[C@@H]1c1ccccc1. The first-order chi connectivity index (χ1) is 13.6. The van der Waals surface area contributed by atoms with E-state index in [2.05, 4.69) is 104 Å². The van der Waals surface area contributed by atoms with Crippen molar-refractivity contribution in [2.75, 3.05) is 0 Å². The monoisotopic (exact) mass is 368 g/mol. The molecule has 28 heavy (non-hydrogen) atoms. The Morgan fingerprint density at radius 3 is 2.07 bits per heavy atom. The molecular weight excluding hydrogens is 340 g/mol. The molecule has 0 radical (unpaired) electrons. The van der Waals surface area contributed by atoms with Gasteiger partial charge in [-0.3, -0.25) is 5.01 Å². The minimum absolute atomic E-state index is 0.148. The minimum atomic E-state index is 0.148. The van der Waals surface area contributed by atoms with E-state index in [0.29, 0.717) is 6.04 Å². The van der Waals surface area contributed by atoms with Crippen molar-refractivity contribution in [1.29, 1.82) is 0 Å². The predicted molar refractivity (Wildman–Crippen MR) is 117 cm³/mol. The van der Waals surface area contributed by atoms with Crippen LogP contribution in [0.4, 0.5) is 0 Å². The first kappa shape index (κ1) is 18.5. The van der Waals surface area contributed by atoms with Gasteiger partial charge in [0.1, 0.15) is 0 Å². The zero-order valence-corrected chi connectivity index (χ0v) is 16.7. The maximum absolute atomic E-state index is 5.03. The van der Waals surface area contributed by atoms with Crippen molar-refractivity contribution in [2.24, 2.45) is 10.5 Å². The Bertz CT molecular complexity index is 901. The van der Waals surface area contributed by atoms with Gasteiger partial charge in [-0.15, -0.1) is 0 Å². The molecule has 1 saturated heterocycles. The van der Waals surface area contributed by atoms with Crippen molar-refractivity contribution in [3.8, 4) is 0 Å². The second-order valence-electron chi connectivity index (χ2n) is 8.38. The number of rotatable bonds is 5. The van der Waals surface area contributed by atoms with Gasteiger partial charge in [-0.2, -0.15) is 5.10 Å². The van der Waals surface area contributed by atoms with Gasteiger partial charge in [-0.25, -0.2) is 0 Å². The highest BCUT2D eigenvalue weighted by Crippen LogP contribution is 2.50. The molecule has 3 aromatic rings. The number of nitrogens with zero attached hydrogens (tertiary/aromatic N) is 2. The van der Waals surface area contributed by atoms with E-state index in [1.165, 1.54) is 11.1 Å². The van der Waals surface area contributed by atoms with Gasteiger partial charge in [0.05, 0.1) is 18.3 Å². The molecule has 0 spiro atoms. The van der Waals surface area contributed by atoms with Crippen LogP contribution in [0, 0.1) is 5.41 Å². The Morgan fingerprint density at radius 2 is 1.43 bits per heavy atom. The summed E-state index contributed by atoms with van der Waals surface area (Å²) in [6.45, 7) is 4.75. The molecule has 0 aliphatic carbocycles. The van der Waals surface area contributed by atoms with Crippen LogP contribution < -0.4 is 0 Å². The Labute approximate surface area is 168 Å². The molecule has 0 bridgehead atoms. The molecular formula is C26H28N2. The van der Waals surface area contributed by atoms with Crippen LogP contribution in [0.2, 0.25) is 0 Å². The van der Waals surface area contributed by atoms with Gasteiger partial charge >= 0.3 is 0 Å². The summed E-state index contributed by atoms with van der Waals surface area (Å²) in [5.41, 5.74) is 4.00. The Kier molecular flexibility index (Phi) is 5.29. The Morgan fingerprint density at radius 1 is 0.857 bits per heavy atom. The summed E-state index contributed by atoms with van der Waals surface area (Å²) in [5, 5.41) is 7.39. The van der Waals surface area contributed by atoms with Gasteiger partial charge in [0, 0.05) is 0 Å². The lowest BCUT2D eigenvalue weighted by atomic mass is 9.80. The van der Waals surface area contributed by atoms with Gasteiger partial charge in [-0.1, -0.05) is 105 Å². The second kappa shape index (κ2) is 8.02. The number of hydrazone groups is 1. The highest BCUT2D eigenvalue weighted by atomic mass is 15.5. The van der Waals surface area contributed by atoms with Gasteiger partial charge in [0.15, 0.2) is 0 Å². The van der Waals surface area contributed by atoms with Crippen LogP contribution in [0.1, 0.15) is 43.0 Å². The molecule has 0 unspecified atom stereocenters. The van der Waals surface area contributed by atoms with Gasteiger partial charge in [0.2, 0.25) is 0 Å². The fourth-order valence-corrected chi connectivity index (χ4v) is 4.51. The zero-order valence-electron chi connectivity index (χ0n) is 16.7. The molecule has 4 rings (SSSR count). The van der Waals surface area contributed by atoms with Crippen LogP contribution in [0.5, 0.6) is 0 Å². The van der Waals surface area contributed by atoms with E-state index >= 15 is 0 Å². The topological polar surface area (TPSA) is 15.6 Å². The summed E-state index contributed by atoms with van der Waals surface area (Å²) in [4.78, 5) is 0. The normalized spacial score (nSPS) is 21.3. The quantitative estimate of drug-likeness (QED) is 0.496. The third-order valence-electron chi connectivity index (χ3n) is 5.71. The first-order valence-corrected chi connectivity index (χ1v) is 10.1. The summed E-state index contributed by atoms with van der Waals surface area (Å²) in [6, 6.07) is 32.6. The largest absolute Gasteiger partial charge is 0.286 e. The van der Waals surface area contributed by atoms with E-state index in [-0.39, 0.29) is 11.5 Å². The first-order valence-electron chi connectivity index (χ1n) is 10.1. The van der Waals surface area contributed by atoms with E-state index in [0.717, 1.165) is 18.4 Å². The lowest BCUT2D eigenvalue weighted by Crippen LogP contribution is -2.30. The summed E-state index contributed by atoms with van der Waals surface area (Å²) in [6.07, 6.45) is 4.14. The van der Waals surface area contributed by atoms with Gasteiger partial charge in [0.25, 0.3) is 0 Å². The van der Waals surface area contributed by atoms with Crippen molar-refractivity contribution in [1.82, 2.24) is 5.01 Å². The van der Waals surface area contributed by atoms with E-state index in [1.807, 2.05) is 12.3 Å². The smallest absolute Gasteiger partial charge is 0.0775 e. The summed E-state index contributed by atoms with van der Waals surface area (Å²) < 4.78 is 0. The minimum Gasteiger partial charge on any atom is -0.286 e. The van der Waals surface area contributed by atoms with Crippen LogP contribution >= 0.6 is 0 Å². The highest BCUT2D eigenvalue weighted by molar-refractivity contribution is 5.79. The number of hydrogen-bond donors (Lipinski definition) is 0. The van der Waals surface area contributed by atoms with E-state index < -0.39 is 0 Å². The zero-order chi connectivity index (χ0) is 19.4. The van der Waals surface area contributed by atoms with Crippen molar-refractivity contribution in [3.05, 3.63) is 108 Å². The molecule has 2 atom stereocenters. The van der Waals surface area contributed by atoms with E-state index in [4.69, 9.17) is 5.10 Å². The summed E-state index contributed by atoms with van der Waals surface area (Å²) in [5.74, 6) is 0. The Hall–Kier alpha value is -2.87. The fourth-order valence-electron chi connectivity index (χ4n) is 4.51. The van der Waals surface area contributed by atoms with Crippen LogP contribution in [0.25, 0.3) is 0 Å². The molecule has 142 valence electrons. The van der Waals surface area contributed by atoms with Crippen molar-refractivity contribution >= 4 is 6.21 Å². The van der Waals surface area contributed by atoms with Crippen LogP contribution in [0.15, 0.2) is 96.1 Å². The van der Waals surface area contributed by atoms with Gasteiger partial charge in [-0.05, 0) is 34.9 Å². The van der Waals surface area contributed by atoms with Crippen molar-refractivity contribution in [2.45, 2.75) is 38.8 Å². The Balaban J connectivity index is 1.69. The molecule has 2 heteroatoms. The van der Waals surface area contributed by atoms with Gasteiger partial charge < -0.3 is 0 Å². The summed E-state index contributed by atoms with van der Waals surface area (Å²) >= 11 is 0. The predicted octanol–water partition coefficient (Wildman–Crippen LogP) is 6.11. The maximum atomic E-state index is 5.03. The molecule has 0 aromatic heterocycles. The van der Waals surface area contributed by atoms with Crippen LogP contribution in [-0.2, 0) is 6.42 Å². The lowest BCUT2D eigenvalue weighted by Gasteiger charge is -2.32. The molecule has 1 heterocycles. The fraction of sp³-hybridized carbons (Fsp3) is 0.269. The van der Waals surface area contributed by atoms with Crippen molar-refractivity contribution in [3.63, 3.8) is 0 Å². The lowest BCUT2D eigenvalue weighted by molar-refractivity contribution is 0.162. The highest BCUT2D eigenvalue weighted by Gasteiger charge is 2.46. The van der Waals surface area contributed by atoms with E-state index in [9.17, 15) is 0 Å². The molecule has 0 amide bonds. The number of hydrogen-bond acceptors (Lipinski definition) is 2. The second-order valence-corrected chi connectivity index (χ2v) is 8.38.